The van der Waals surface area contributed by atoms with Crippen LogP contribution in [0.5, 0.6) is 0 Å². The first-order valence-electron chi connectivity index (χ1n) is 22.2. The molecular weight excluding hydrogens is 899 g/mol. The molecule has 0 aliphatic carbocycles. The summed E-state index contributed by atoms with van der Waals surface area (Å²) in [5.74, 6) is -2.17. The largest absolute Gasteiger partial charge is 2.00 e. The molecule has 4 aromatic carbocycles. The van der Waals surface area contributed by atoms with Crippen LogP contribution in [0.1, 0.15) is 141 Å². The van der Waals surface area contributed by atoms with E-state index in [2.05, 4.69) is 168 Å². The molecule has 336 valence electrons. The summed E-state index contributed by atoms with van der Waals surface area (Å²) in [4.78, 5) is 27.7. The van der Waals surface area contributed by atoms with Crippen molar-refractivity contribution in [2.24, 2.45) is 9.98 Å². The average Bonchev–Trinajstić information content (AvgIpc) is 3.23. The number of para-hydroxylation sites is 4. The third-order valence-corrected chi connectivity index (χ3v) is 9.85. The van der Waals surface area contributed by atoms with Gasteiger partial charge in [-0.1, -0.05) is 176 Å². The Labute approximate surface area is 412 Å². The van der Waals surface area contributed by atoms with Crippen LogP contribution >= 0.6 is 0 Å². The number of carboxylic acids is 2. The molecule has 0 amide bonds. The first-order valence-corrected chi connectivity index (χ1v) is 22.2. The fraction of sp³-hybridized carbons (Fsp3) is 0.407. The molecule has 0 spiro atoms. The number of carbonyl (C=O) groups excluding carboxylic acids is 2. The van der Waals surface area contributed by atoms with Gasteiger partial charge in [0.05, 0.1) is 11.4 Å². The van der Waals surface area contributed by atoms with Crippen molar-refractivity contribution in [2.45, 2.75) is 148 Å². The van der Waals surface area contributed by atoms with Gasteiger partial charge in [-0.3, -0.25) is 9.98 Å². The van der Waals surface area contributed by atoms with Crippen LogP contribution in [-0.4, -0.2) is 23.4 Å². The molecule has 0 N–H and O–H groups in total. The molecule has 0 aliphatic heterocycles. The van der Waals surface area contributed by atoms with E-state index < -0.39 is 11.9 Å². The van der Waals surface area contributed by atoms with Crippen molar-refractivity contribution >= 4 is 46.1 Å². The van der Waals surface area contributed by atoms with E-state index >= 15 is 0 Å². The number of nitrogens with zero attached hydrogens (tertiary/aromatic N) is 4. The second-order valence-electron chi connectivity index (χ2n) is 14.8. The maximum Gasteiger partial charge on any atom is 2.00 e. The van der Waals surface area contributed by atoms with Crippen LogP contribution < -0.4 is 10.2 Å². The number of aryl methyl sites for hydroxylation is 8. The van der Waals surface area contributed by atoms with Crippen molar-refractivity contribution in [3.05, 3.63) is 151 Å². The topological polar surface area (TPSA) is 133 Å². The number of aliphatic carboxylic acids is 2. The molecule has 10 heteroatoms. The maximum absolute atomic E-state index is 8.89. The second kappa shape index (κ2) is 33.9. The zero-order valence-electron chi connectivity index (χ0n) is 41.6. The zero-order chi connectivity index (χ0) is 46.8. The molecule has 0 radical (unpaired) electrons. The van der Waals surface area contributed by atoms with E-state index in [4.69, 9.17) is 40.4 Å². The van der Waals surface area contributed by atoms with Crippen molar-refractivity contribution < 1.29 is 58.8 Å². The van der Waals surface area contributed by atoms with E-state index in [0.29, 0.717) is 0 Å². The smallest absolute Gasteiger partial charge is 0.661 e. The van der Waals surface area contributed by atoms with Gasteiger partial charge in [-0.05, 0) is 101 Å². The summed E-state index contributed by atoms with van der Waals surface area (Å²) in [6.07, 6.45) is 12.2. The molecule has 4 rings (SSSR count). The third-order valence-electron chi connectivity index (χ3n) is 9.85. The first-order chi connectivity index (χ1) is 29.5. The predicted molar refractivity (Wildman–Crippen MR) is 261 cm³/mol. The predicted octanol–water partition coefficient (Wildman–Crippen LogP) is 12.8. The van der Waals surface area contributed by atoms with Gasteiger partial charge in [0.1, 0.15) is 0 Å². The van der Waals surface area contributed by atoms with Gasteiger partial charge in [0.15, 0.2) is 0 Å². The normalized spacial score (nSPS) is 11.2. The van der Waals surface area contributed by atoms with Crippen LogP contribution in [0.3, 0.4) is 0 Å². The van der Waals surface area contributed by atoms with E-state index in [0.717, 1.165) is 111 Å². The molecule has 0 atom stereocenters. The van der Waals surface area contributed by atoms with Gasteiger partial charge in [0, 0.05) is 23.4 Å². The Kier molecular flexibility index (Phi) is 32.6. The zero-order valence-corrected chi connectivity index (χ0v) is 47.5. The minimum Gasteiger partial charge on any atom is -0.661 e. The molecule has 64 heavy (non-hydrogen) atoms. The number of benzene rings is 4. The minimum absolute atomic E-state index is 0. The summed E-state index contributed by atoms with van der Waals surface area (Å²) in [7, 11) is 0. The molecule has 0 saturated carbocycles. The van der Waals surface area contributed by atoms with Gasteiger partial charge >= 0.3 is 39.0 Å². The molecule has 4 aromatic rings. The van der Waals surface area contributed by atoms with Gasteiger partial charge in [0.2, 0.25) is 0 Å². The van der Waals surface area contributed by atoms with Crippen LogP contribution in [0.2, 0.25) is 0 Å². The van der Waals surface area contributed by atoms with Crippen LogP contribution in [0.4, 0.5) is 22.7 Å². The van der Waals surface area contributed by atoms with Gasteiger partial charge < -0.3 is 30.4 Å². The van der Waals surface area contributed by atoms with E-state index in [9.17, 15) is 0 Å². The number of carbonyl (C=O) groups is 2. The van der Waals surface area contributed by atoms with Crippen molar-refractivity contribution in [2.75, 3.05) is 0 Å². The van der Waals surface area contributed by atoms with E-state index in [-0.39, 0.29) is 39.0 Å². The first kappa shape index (κ1) is 61.6. The standard InChI is InChI=1S/2C25H33N2.2C2H4O2.2Zn/c2*1-7-20-13-11-14-21(8-2)24(20)26-18(5)17-19(6)27-25-22(9-3)15-12-16-23(25)10-4;2*1-2(3)4;;/h2*11-17H,7-10H2,1-6H3;2*1H3,(H,3,4);;/q2*-1;;;2*+2/p-2/b2*18-17-,27-19?;;;;. The van der Waals surface area contributed by atoms with Gasteiger partial charge in [-0.2, -0.15) is 11.4 Å². The number of carboxylic acid groups (broad SMARTS) is 2. The molecule has 0 unspecified atom stereocenters. The Morgan fingerprint density at radius 3 is 0.797 bits per heavy atom. The van der Waals surface area contributed by atoms with E-state index in [1.54, 1.807) is 0 Å². The summed E-state index contributed by atoms with van der Waals surface area (Å²) >= 11 is 0. The number of hydrogen-bond donors (Lipinski definition) is 0. The minimum atomic E-state index is -1.08. The summed E-state index contributed by atoms with van der Waals surface area (Å²) in [6, 6.07) is 26.0. The molecule has 8 nitrogen and oxygen atoms in total. The van der Waals surface area contributed by atoms with Crippen LogP contribution in [0, 0.1) is 0 Å². The number of hydrogen-bond acceptors (Lipinski definition) is 6. The van der Waals surface area contributed by atoms with Crippen molar-refractivity contribution in [3.8, 4) is 0 Å². The maximum atomic E-state index is 8.89. The second-order valence-corrected chi connectivity index (χ2v) is 14.8. The van der Waals surface area contributed by atoms with Crippen LogP contribution in [0.25, 0.3) is 10.6 Å². The number of aliphatic imine (C=N–C) groups is 2. The SMILES string of the molecule is CC(=O)[O-].CC(=O)[O-].CCc1cccc(CC)c1N=C(C)/C=C(/C)[N-]c1c(CC)cccc1CC.CCc1cccc(CC)c1N=C(C)/C=C(/C)[N-]c1c(CC)cccc1CC.[Zn+2].[Zn+2]. The van der Waals surface area contributed by atoms with Gasteiger partial charge in [-0.25, -0.2) is 0 Å². The molecule has 0 aromatic heterocycles. The fourth-order valence-corrected chi connectivity index (χ4v) is 6.87. The quantitative estimate of drug-likeness (QED) is 0.0816. The summed E-state index contributed by atoms with van der Waals surface area (Å²) in [5.41, 5.74) is 19.0. The Hall–Kier alpha value is -4.51. The monoisotopic (exact) mass is 968 g/mol. The Balaban J connectivity index is 0. The van der Waals surface area contributed by atoms with Crippen molar-refractivity contribution in [1.29, 1.82) is 0 Å². The van der Waals surface area contributed by atoms with Gasteiger partial charge in [-0.15, -0.1) is 11.4 Å². The molecule has 0 aliphatic rings. The Morgan fingerprint density at radius 1 is 0.422 bits per heavy atom. The number of rotatable bonds is 16. The average molecular weight is 972 g/mol. The summed E-state index contributed by atoms with van der Waals surface area (Å²) < 4.78 is 0. The molecule has 0 fully saturated rings. The van der Waals surface area contributed by atoms with Crippen LogP contribution in [-0.2, 0) is 99.9 Å². The number of allylic oxidation sites excluding steroid dienone is 4. The van der Waals surface area contributed by atoms with Gasteiger partial charge in [0.25, 0.3) is 0 Å². The molecule has 0 bridgehead atoms. The molecule has 0 saturated heterocycles. The van der Waals surface area contributed by atoms with Crippen molar-refractivity contribution in [3.63, 3.8) is 0 Å². The third kappa shape index (κ3) is 21.9. The summed E-state index contributed by atoms with van der Waals surface area (Å²) in [5, 5.41) is 27.7. The molecule has 0 heterocycles. The van der Waals surface area contributed by atoms with E-state index in [1.807, 2.05) is 0 Å². The van der Waals surface area contributed by atoms with Crippen LogP contribution in [0.15, 0.2) is 106 Å². The Morgan fingerprint density at radius 2 is 0.609 bits per heavy atom. The Bertz CT molecular complexity index is 1920. The van der Waals surface area contributed by atoms with Crippen molar-refractivity contribution in [1.82, 2.24) is 0 Å². The summed E-state index contributed by atoms with van der Waals surface area (Å²) in [6.45, 7) is 27.7. The fourth-order valence-electron chi connectivity index (χ4n) is 6.87. The molecular formula is C54H72N4O4Zn2. The van der Waals surface area contributed by atoms with E-state index in [1.165, 1.54) is 44.5 Å².